The van der Waals surface area contributed by atoms with Crippen LogP contribution in [0.4, 0.5) is 0 Å². The summed E-state index contributed by atoms with van der Waals surface area (Å²) in [4.78, 5) is 0. The molecule has 4 nitrogen and oxygen atoms in total. The molecule has 0 aromatic carbocycles. The molecule has 17 heavy (non-hydrogen) atoms. The standard InChI is InChI=1S/C12H28N2O2S/c1-5-8-13-9-10-17(15,16)14(7-3)11-12(4)6-2/h12-13H,5-11H2,1-4H3. The van der Waals surface area contributed by atoms with Crippen LogP contribution in [0.2, 0.25) is 0 Å². The Morgan fingerprint density at radius 1 is 1.18 bits per heavy atom. The van der Waals surface area contributed by atoms with Gasteiger partial charge in [-0.25, -0.2) is 12.7 Å². The molecular formula is C12H28N2O2S. The molecule has 0 radical (unpaired) electrons. The average molecular weight is 264 g/mol. The smallest absolute Gasteiger partial charge is 0.215 e. The number of nitrogens with one attached hydrogen (secondary N) is 1. The maximum atomic E-state index is 12.1. The van der Waals surface area contributed by atoms with Crippen LogP contribution >= 0.6 is 0 Å². The molecule has 1 N–H and O–H groups in total. The van der Waals surface area contributed by atoms with E-state index in [2.05, 4.69) is 26.1 Å². The van der Waals surface area contributed by atoms with Crippen molar-refractivity contribution in [3.8, 4) is 0 Å². The van der Waals surface area contributed by atoms with Crippen LogP contribution < -0.4 is 5.32 Å². The van der Waals surface area contributed by atoms with Gasteiger partial charge in [-0.1, -0.05) is 34.1 Å². The normalized spacial score (nSPS) is 14.2. The van der Waals surface area contributed by atoms with Gasteiger partial charge in [0, 0.05) is 19.6 Å². The molecule has 0 fully saturated rings. The quantitative estimate of drug-likeness (QED) is 0.611. The summed E-state index contributed by atoms with van der Waals surface area (Å²) in [5.41, 5.74) is 0. The van der Waals surface area contributed by atoms with Gasteiger partial charge in [-0.3, -0.25) is 0 Å². The lowest BCUT2D eigenvalue weighted by atomic mass is 10.1. The highest BCUT2D eigenvalue weighted by Crippen LogP contribution is 2.08. The van der Waals surface area contributed by atoms with E-state index in [-0.39, 0.29) is 5.75 Å². The fourth-order valence-corrected chi connectivity index (χ4v) is 3.08. The molecule has 0 aliphatic rings. The molecule has 0 amide bonds. The summed E-state index contributed by atoms with van der Waals surface area (Å²) in [7, 11) is -3.09. The van der Waals surface area contributed by atoms with Gasteiger partial charge < -0.3 is 5.32 Å². The van der Waals surface area contributed by atoms with E-state index in [1.54, 1.807) is 4.31 Å². The van der Waals surface area contributed by atoms with Gasteiger partial charge in [-0.15, -0.1) is 0 Å². The maximum Gasteiger partial charge on any atom is 0.215 e. The summed E-state index contributed by atoms with van der Waals surface area (Å²) in [6.45, 7) is 10.8. The van der Waals surface area contributed by atoms with Gasteiger partial charge in [0.25, 0.3) is 0 Å². The molecule has 0 heterocycles. The Morgan fingerprint density at radius 2 is 1.82 bits per heavy atom. The Labute approximate surface area is 107 Å². The minimum absolute atomic E-state index is 0.206. The monoisotopic (exact) mass is 264 g/mol. The molecular weight excluding hydrogens is 236 g/mol. The molecule has 0 aliphatic heterocycles. The molecule has 0 spiro atoms. The third kappa shape index (κ3) is 7.01. The van der Waals surface area contributed by atoms with E-state index in [4.69, 9.17) is 0 Å². The van der Waals surface area contributed by atoms with E-state index in [0.717, 1.165) is 19.4 Å². The second-order valence-corrected chi connectivity index (χ2v) is 6.62. The fourth-order valence-electron chi connectivity index (χ4n) is 1.55. The largest absolute Gasteiger partial charge is 0.316 e. The number of nitrogens with zero attached hydrogens (tertiary/aromatic N) is 1. The Balaban J connectivity index is 4.23. The third-order valence-corrected chi connectivity index (χ3v) is 4.84. The maximum absolute atomic E-state index is 12.1. The highest BCUT2D eigenvalue weighted by molar-refractivity contribution is 7.89. The minimum atomic E-state index is -3.09. The molecule has 0 saturated carbocycles. The van der Waals surface area contributed by atoms with Gasteiger partial charge in [0.1, 0.15) is 0 Å². The van der Waals surface area contributed by atoms with Gasteiger partial charge in [-0.2, -0.15) is 0 Å². The second-order valence-electron chi connectivity index (χ2n) is 4.53. The van der Waals surface area contributed by atoms with Crippen molar-refractivity contribution in [3.63, 3.8) is 0 Å². The van der Waals surface area contributed by atoms with Crippen molar-refractivity contribution in [3.05, 3.63) is 0 Å². The molecule has 1 unspecified atom stereocenters. The summed E-state index contributed by atoms with van der Waals surface area (Å²) in [5, 5.41) is 3.13. The molecule has 0 aromatic rings. The predicted octanol–water partition coefficient (Wildman–Crippen LogP) is 1.68. The van der Waals surface area contributed by atoms with Crippen LogP contribution in [0, 0.1) is 5.92 Å². The van der Waals surface area contributed by atoms with E-state index in [9.17, 15) is 8.42 Å². The van der Waals surface area contributed by atoms with Crippen molar-refractivity contribution in [1.29, 1.82) is 0 Å². The molecule has 1 atom stereocenters. The van der Waals surface area contributed by atoms with Crippen LogP contribution in [0.3, 0.4) is 0 Å². The first-order chi connectivity index (χ1) is 7.97. The number of sulfonamides is 1. The Hall–Kier alpha value is -0.130. The van der Waals surface area contributed by atoms with Crippen LogP contribution in [-0.4, -0.2) is 44.7 Å². The van der Waals surface area contributed by atoms with E-state index < -0.39 is 10.0 Å². The summed E-state index contributed by atoms with van der Waals surface area (Å²) >= 11 is 0. The highest BCUT2D eigenvalue weighted by atomic mass is 32.2. The Bertz CT molecular complexity index is 278. The van der Waals surface area contributed by atoms with Gasteiger partial charge in [0.15, 0.2) is 0 Å². The van der Waals surface area contributed by atoms with Crippen LogP contribution in [0.15, 0.2) is 0 Å². The van der Waals surface area contributed by atoms with Gasteiger partial charge in [-0.05, 0) is 18.9 Å². The lowest BCUT2D eigenvalue weighted by Crippen LogP contribution is -2.38. The molecule has 0 saturated heterocycles. The summed E-state index contributed by atoms with van der Waals surface area (Å²) in [5.74, 6) is 0.630. The van der Waals surface area contributed by atoms with E-state index in [0.29, 0.717) is 25.6 Å². The fraction of sp³-hybridized carbons (Fsp3) is 1.00. The number of rotatable bonds is 10. The van der Waals surface area contributed by atoms with Crippen molar-refractivity contribution < 1.29 is 8.42 Å². The first-order valence-electron chi connectivity index (χ1n) is 6.66. The Kier molecular flexibility index (Phi) is 8.82. The van der Waals surface area contributed by atoms with Crippen molar-refractivity contribution in [2.45, 2.75) is 40.5 Å². The molecule has 0 rings (SSSR count). The Morgan fingerprint density at radius 3 is 2.29 bits per heavy atom. The van der Waals surface area contributed by atoms with Crippen molar-refractivity contribution in [1.82, 2.24) is 9.62 Å². The molecule has 0 aromatic heterocycles. The SMILES string of the molecule is CCCNCCS(=O)(=O)N(CC)CC(C)CC. The highest BCUT2D eigenvalue weighted by Gasteiger charge is 2.21. The number of hydrogen-bond donors (Lipinski definition) is 1. The second kappa shape index (κ2) is 8.89. The van der Waals surface area contributed by atoms with Crippen LogP contribution in [0.1, 0.15) is 40.5 Å². The summed E-state index contributed by atoms with van der Waals surface area (Å²) < 4.78 is 25.7. The first-order valence-corrected chi connectivity index (χ1v) is 8.27. The van der Waals surface area contributed by atoms with Crippen LogP contribution in [-0.2, 0) is 10.0 Å². The molecule has 0 bridgehead atoms. The topological polar surface area (TPSA) is 49.4 Å². The summed E-state index contributed by atoms with van der Waals surface area (Å²) in [6.07, 6.45) is 2.05. The van der Waals surface area contributed by atoms with Gasteiger partial charge in [0.2, 0.25) is 10.0 Å². The minimum Gasteiger partial charge on any atom is -0.316 e. The predicted molar refractivity (Wildman–Crippen MR) is 73.6 cm³/mol. The van der Waals surface area contributed by atoms with Crippen molar-refractivity contribution >= 4 is 10.0 Å². The van der Waals surface area contributed by atoms with E-state index in [1.807, 2.05) is 6.92 Å². The van der Waals surface area contributed by atoms with Crippen LogP contribution in [0.25, 0.3) is 0 Å². The van der Waals surface area contributed by atoms with Gasteiger partial charge in [0.05, 0.1) is 5.75 Å². The molecule has 104 valence electrons. The summed E-state index contributed by atoms with van der Waals surface area (Å²) in [6, 6.07) is 0. The molecule has 5 heteroatoms. The first kappa shape index (κ1) is 16.9. The van der Waals surface area contributed by atoms with Crippen molar-refractivity contribution in [2.75, 3.05) is 31.9 Å². The lowest BCUT2D eigenvalue weighted by molar-refractivity contribution is 0.361. The average Bonchev–Trinajstić information content (AvgIpc) is 2.31. The molecule has 0 aliphatic carbocycles. The third-order valence-electron chi connectivity index (χ3n) is 2.92. The zero-order valence-corrected chi connectivity index (χ0v) is 12.5. The van der Waals surface area contributed by atoms with Gasteiger partial charge >= 0.3 is 0 Å². The van der Waals surface area contributed by atoms with E-state index >= 15 is 0 Å². The lowest BCUT2D eigenvalue weighted by Gasteiger charge is -2.23. The van der Waals surface area contributed by atoms with Crippen LogP contribution in [0.5, 0.6) is 0 Å². The van der Waals surface area contributed by atoms with Crippen molar-refractivity contribution in [2.24, 2.45) is 5.92 Å². The zero-order chi connectivity index (χ0) is 13.3. The van der Waals surface area contributed by atoms with E-state index in [1.165, 1.54) is 0 Å². The number of hydrogen-bond acceptors (Lipinski definition) is 3. The zero-order valence-electron chi connectivity index (χ0n) is 11.7.